The molecule has 0 spiro atoms. The molecule has 0 radical (unpaired) electrons. The molecule has 2 heterocycles. The first-order valence-corrected chi connectivity index (χ1v) is 7.22. The molecule has 0 aliphatic carbocycles. The molecule has 0 aliphatic rings. The Morgan fingerprint density at radius 3 is 2.65 bits per heavy atom. The number of hydrogen-bond donors (Lipinski definition) is 0. The third-order valence-electron chi connectivity index (χ3n) is 3.69. The summed E-state index contributed by atoms with van der Waals surface area (Å²) >= 11 is 0. The van der Waals surface area contributed by atoms with Crippen LogP contribution in [0.3, 0.4) is 0 Å². The number of benzene rings is 1. The molecule has 23 heavy (non-hydrogen) atoms. The first kappa shape index (κ1) is 15.0. The van der Waals surface area contributed by atoms with Gasteiger partial charge >= 0.3 is 5.97 Å². The highest BCUT2D eigenvalue weighted by Crippen LogP contribution is 2.29. The van der Waals surface area contributed by atoms with Gasteiger partial charge in [-0.15, -0.1) is 0 Å². The number of fused-ring (bicyclic) bond motifs is 1. The molecule has 0 saturated carbocycles. The van der Waals surface area contributed by atoms with Gasteiger partial charge in [0.25, 0.3) is 0 Å². The summed E-state index contributed by atoms with van der Waals surface area (Å²) in [7, 11) is 3.30. The summed E-state index contributed by atoms with van der Waals surface area (Å²) in [6.45, 7) is 1.83. The Morgan fingerprint density at radius 1 is 1.22 bits per heavy atom. The zero-order chi connectivity index (χ0) is 16.4. The first-order chi connectivity index (χ1) is 11.1. The van der Waals surface area contributed by atoms with Gasteiger partial charge in [-0.2, -0.15) is 5.10 Å². The average Bonchev–Trinajstić information content (AvgIpc) is 2.96. The molecular weight excluding hydrogens is 294 g/mol. The van der Waals surface area contributed by atoms with Crippen LogP contribution in [0, 0.1) is 0 Å². The SMILES string of the molecule is COc1c(C(=O)O[C@H](C)c2ccccc2)cnc2c1cnn2C. The number of hydrogen-bond acceptors (Lipinski definition) is 5. The first-order valence-electron chi connectivity index (χ1n) is 7.22. The van der Waals surface area contributed by atoms with Crippen molar-refractivity contribution in [3.63, 3.8) is 0 Å². The largest absolute Gasteiger partial charge is 0.495 e. The van der Waals surface area contributed by atoms with Crippen LogP contribution in [0.5, 0.6) is 5.75 Å². The Bertz CT molecular complexity index is 843. The van der Waals surface area contributed by atoms with Crippen LogP contribution in [0.4, 0.5) is 0 Å². The number of aryl methyl sites for hydroxylation is 1. The number of carbonyl (C=O) groups is 1. The van der Waals surface area contributed by atoms with Gasteiger partial charge in [0.05, 0.1) is 18.7 Å². The van der Waals surface area contributed by atoms with E-state index in [1.807, 2.05) is 37.3 Å². The van der Waals surface area contributed by atoms with Gasteiger partial charge in [0.2, 0.25) is 0 Å². The maximum atomic E-state index is 12.5. The molecule has 6 nitrogen and oxygen atoms in total. The number of aromatic nitrogens is 3. The van der Waals surface area contributed by atoms with Gasteiger partial charge in [0.15, 0.2) is 5.65 Å². The quantitative estimate of drug-likeness (QED) is 0.693. The van der Waals surface area contributed by atoms with Crippen molar-refractivity contribution in [2.45, 2.75) is 13.0 Å². The predicted octanol–water partition coefficient (Wildman–Crippen LogP) is 2.89. The molecule has 0 fully saturated rings. The van der Waals surface area contributed by atoms with Crippen molar-refractivity contribution >= 4 is 17.0 Å². The smallest absolute Gasteiger partial charge is 0.344 e. The number of rotatable bonds is 4. The lowest BCUT2D eigenvalue weighted by Crippen LogP contribution is -2.11. The molecule has 3 rings (SSSR count). The Labute approximate surface area is 133 Å². The fourth-order valence-corrected chi connectivity index (χ4v) is 2.46. The van der Waals surface area contributed by atoms with Crippen LogP contribution in [0.2, 0.25) is 0 Å². The lowest BCUT2D eigenvalue weighted by Gasteiger charge is -2.15. The zero-order valence-electron chi connectivity index (χ0n) is 13.2. The van der Waals surface area contributed by atoms with E-state index in [9.17, 15) is 4.79 Å². The van der Waals surface area contributed by atoms with E-state index in [1.54, 1.807) is 17.9 Å². The van der Waals surface area contributed by atoms with E-state index >= 15 is 0 Å². The zero-order valence-corrected chi connectivity index (χ0v) is 13.2. The van der Waals surface area contributed by atoms with Crippen LogP contribution in [-0.4, -0.2) is 27.8 Å². The summed E-state index contributed by atoms with van der Waals surface area (Å²) in [5.74, 6) is -0.0511. The van der Waals surface area contributed by atoms with Gasteiger partial charge in [0.1, 0.15) is 17.4 Å². The minimum Gasteiger partial charge on any atom is -0.495 e. The number of nitrogens with zero attached hydrogens (tertiary/aromatic N) is 3. The number of esters is 1. The molecule has 6 heteroatoms. The number of ether oxygens (including phenoxy) is 2. The van der Waals surface area contributed by atoms with Crippen molar-refractivity contribution in [2.75, 3.05) is 7.11 Å². The van der Waals surface area contributed by atoms with E-state index in [1.165, 1.54) is 13.3 Å². The van der Waals surface area contributed by atoms with Crippen LogP contribution in [0.25, 0.3) is 11.0 Å². The van der Waals surface area contributed by atoms with Crippen LogP contribution in [0.1, 0.15) is 28.9 Å². The Kier molecular flexibility index (Phi) is 3.97. The second-order valence-corrected chi connectivity index (χ2v) is 5.17. The Morgan fingerprint density at radius 2 is 1.96 bits per heavy atom. The maximum Gasteiger partial charge on any atom is 0.344 e. The fraction of sp³-hybridized carbons (Fsp3) is 0.235. The van der Waals surface area contributed by atoms with Crippen LogP contribution in [0.15, 0.2) is 42.7 Å². The van der Waals surface area contributed by atoms with Gasteiger partial charge in [-0.25, -0.2) is 9.78 Å². The summed E-state index contributed by atoms with van der Waals surface area (Å²) in [5, 5.41) is 4.81. The van der Waals surface area contributed by atoms with Gasteiger partial charge in [-0.3, -0.25) is 4.68 Å². The summed E-state index contributed by atoms with van der Waals surface area (Å²) in [6.07, 6.45) is 2.72. The molecule has 118 valence electrons. The van der Waals surface area contributed by atoms with Crippen LogP contribution >= 0.6 is 0 Å². The van der Waals surface area contributed by atoms with E-state index in [0.717, 1.165) is 5.56 Å². The Hall–Kier alpha value is -2.89. The van der Waals surface area contributed by atoms with Gasteiger partial charge in [0, 0.05) is 13.2 Å². The molecule has 1 aromatic carbocycles. The maximum absolute atomic E-state index is 12.5. The van der Waals surface area contributed by atoms with Crippen molar-refractivity contribution < 1.29 is 14.3 Å². The predicted molar refractivity (Wildman–Crippen MR) is 85.3 cm³/mol. The molecule has 0 saturated heterocycles. The normalized spacial score (nSPS) is 12.1. The van der Waals surface area contributed by atoms with Crippen molar-refractivity contribution in [3.8, 4) is 5.75 Å². The van der Waals surface area contributed by atoms with E-state index in [2.05, 4.69) is 10.1 Å². The lowest BCUT2D eigenvalue weighted by molar-refractivity contribution is 0.0334. The monoisotopic (exact) mass is 311 g/mol. The second kappa shape index (κ2) is 6.08. The molecule has 0 amide bonds. The summed E-state index contributed by atoms with van der Waals surface area (Å²) in [6, 6.07) is 9.56. The highest BCUT2D eigenvalue weighted by atomic mass is 16.5. The fourth-order valence-electron chi connectivity index (χ4n) is 2.46. The van der Waals surface area contributed by atoms with Crippen molar-refractivity contribution in [2.24, 2.45) is 7.05 Å². The van der Waals surface area contributed by atoms with Crippen molar-refractivity contribution in [1.29, 1.82) is 0 Å². The van der Waals surface area contributed by atoms with Crippen molar-refractivity contribution in [1.82, 2.24) is 14.8 Å². The highest BCUT2D eigenvalue weighted by molar-refractivity contribution is 5.98. The Balaban J connectivity index is 1.92. The highest BCUT2D eigenvalue weighted by Gasteiger charge is 2.21. The standard InChI is InChI=1S/C17H17N3O3/c1-11(12-7-5-4-6-8-12)23-17(21)14-9-18-16-13(15(14)22-3)10-19-20(16)2/h4-11H,1-3H3/t11-/m1/s1. The minimum absolute atomic E-state index is 0.288. The number of methoxy groups -OCH3 is 1. The summed E-state index contributed by atoms with van der Waals surface area (Å²) in [5.41, 5.74) is 1.86. The summed E-state index contributed by atoms with van der Waals surface area (Å²) < 4.78 is 12.5. The molecule has 0 aliphatic heterocycles. The molecule has 0 N–H and O–H groups in total. The van der Waals surface area contributed by atoms with E-state index in [4.69, 9.17) is 9.47 Å². The third-order valence-corrected chi connectivity index (χ3v) is 3.69. The lowest BCUT2D eigenvalue weighted by atomic mass is 10.1. The second-order valence-electron chi connectivity index (χ2n) is 5.17. The number of pyridine rings is 1. The minimum atomic E-state index is -0.476. The van der Waals surface area contributed by atoms with Crippen molar-refractivity contribution in [3.05, 3.63) is 53.9 Å². The summed E-state index contributed by atoms with van der Waals surface area (Å²) in [4.78, 5) is 16.8. The number of carbonyl (C=O) groups excluding carboxylic acids is 1. The van der Waals surface area contributed by atoms with Gasteiger partial charge in [-0.05, 0) is 12.5 Å². The molecule has 0 bridgehead atoms. The van der Waals surface area contributed by atoms with Gasteiger partial charge in [-0.1, -0.05) is 30.3 Å². The van der Waals surface area contributed by atoms with Gasteiger partial charge < -0.3 is 9.47 Å². The average molecular weight is 311 g/mol. The molecule has 2 aromatic heterocycles. The molecule has 1 atom stereocenters. The van der Waals surface area contributed by atoms with E-state index in [0.29, 0.717) is 16.8 Å². The molecule has 0 unspecified atom stereocenters. The topological polar surface area (TPSA) is 66.2 Å². The van der Waals surface area contributed by atoms with Crippen LogP contribution < -0.4 is 4.74 Å². The van der Waals surface area contributed by atoms with E-state index in [-0.39, 0.29) is 11.7 Å². The molecular formula is C17H17N3O3. The van der Waals surface area contributed by atoms with E-state index < -0.39 is 5.97 Å². The third kappa shape index (κ3) is 2.75. The molecule has 3 aromatic rings. The van der Waals surface area contributed by atoms with Crippen LogP contribution in [-0.2, 0) is 11.8 Å².